The third-order valence-electron chi connectivity index (χ3n) is 0. The van der Waals surface area contributed by atoms with Crippen LogP contribution in [0.5, 0.6) is 0 Å². The summed E-state index contributed by atoms with van der Waals surface area (Å²) in [5, 5.41) is 0. The van der Waals surface area contributed by atoms with Gasteiger partial charge in [-0.1, -0.05) is 0 Å². The first-order chi connectivity index (χ1) is 2.00. The van der Waals surface area contributed by atoms with Crippen molar-refractivity contribution in [2.24, 2.45) is 0 Å². The molecular formula is H9B2O4P. The highest BCUT2D eigenvalue weighted by atomic mass is 31.2. The average molecular weight is 126 g/mol. The van der Waals surface area contributed by atoms with E-state index in [0.29, 0.717) is 0 Å². The molecule has 0 aromatic heterocycles. The molecule has 0 heterocycles. The fourth-order valence-electron chi connectivity index (χ4n) is 0. The number of hydrogen-bond donors (Lipinski definition) is 3. The molecule has 0 fully saturated rings. The van der Waals surface area contributed by atoms with Crippen LogP contribution >= 0.6 is 7.82 Å². The van der Waals surface area contributed by atoms with Gasteiger partial charge in [0.2, 0.25) is 0 Å². The molecule has 0 radical (unpaired) electrons. The molecule has 0 bridgehead atoms. The highest BCUT2D eigenvalue weighted by Crippen LogP contribution is 2.25. The first kappa shape index (κ1) is 15.7. The largest absolute Gasteiger partial charge is 0.466 e. The molecule has 0 saturated heterocycles. The summed E-state index contributed by atoms with van der Waals surface area (Å²) in [5.41, 5.74) is 0. The summed E-state index contributed by atoms with van der Waals surface area (Å²) in [4.78, 5) is 21.6. The van der Waals surface area contributed by atoms with E-state index < -0.39 is 7.82 Å². The predicted molar refractivity (Wildman–Crippen MR) is 34.1 cm³/mol. The molecule has 0 saturated carbocycles. The normalized spacial score (nSPS) is 8.43. The van der Waals surface area contributed by atoms with Crippen LogP contribution in [0, 0.1) is 0 Å². The number of rotatable bonds is 0. The Balaban J connectivity index is -0.0000000800. The molecular weight excluding hydrogens is 117 g/mol. The standard InChI is InChI=1S/2BH3.H3O4P/c;;1-5(2,3)4/h2*1H3;(H3,1,2,3,4). The third kappa shape index (κ3) is 1950. The maximum atomic E-state index is 8.88. The maximum Gasteiger partial charge on any atom is 0.466 e. The summed E-state index contributed by atoms with van der Waals surface area (Å²) in [7, 11) is -4.64. The highest BCUT2D eigenvalue weighted by Gasteiger charge is 2.00. The van der Waals surface area contributed by atoms with Gasteiger partial charge in [-0.15, -0.1) is 0 Å². The molecule has 7 heavy (non-hydrogen) atoms. The summed E-state index contributed by atoms with van der Waals surface area (Å²) in [5.74, 6) is 0. The van der Waals surface area contributed by atoms with Gasteiger partial charge < -0.3 is 14.7 Å². The lowest BCUT2D eigenvalue weighted by Crippen LogP contribution is -1.66. The van der Waals surface area contributed by atoms with E-state index in [0.717, 1.165) is 0 Å². The highest BCUT2D eigenvalue weighted by molar-refractivity contribution is 7.45. The van der Waals surface area contributed by atoms with Crippen molar-refractivity contribution in [3.8, 4) is 0 Å². The zero-order valence-corrected chi connectivity index (χ0v) is 3.09. The molecule has 0 aliphatic heterocycles. The summed E-state index contributed by atoms with van der Waals surface area (Å²) in [6.07, 6.45) is 0. The van der Waals surface area contributed by atoms with Crippen LogP contribution in [0.25, 0.3) is 0 Å². The second-order valence-corrected chi connectivity index (χ2v) is 1.54. The van der Waals surface area contributed by atoms with Crippen molar-refractivity contribution in [1.29, 1.82) is 0 Å². The van der Waals surface area contributed by atoms with Crippen LogP contribution < -0.4 is 0 Å². The molecule has 0 spiro atoms. The Hall–Kier alpha value is 0.240. The van der Waals surface area contributed by atoms with E-state index in [9.17, 15) is 0 Å². The minimum Gasteiger partial charge on any atom is -0.303 e. The molecule has 0 unspecified atom stereocenters. The Kier molecular flexibility index (Phi) is 9.86. The van der Waals surface area contributed by atoms with Gasteiger partial charge in [0.25, 0.3) is 0 Å². The smallest absolute Gasteiger partial charge is 0.303 e. The van der Waals surface area contributed by atoms with Crippen LogP contribution in [-0.4, -0.2) is 31.5 Å². The second-order valence-electron chi connectivity index (χ2n) is 0.513. The molecule has 0 aromatic rings. The molecule has 0 aliphatic rings. The summed E-state index contributed by atoms with van der Waals surface area (Å²) >= 11 is 0. The molecule has 3 N–H and O–H groups in total. The van der Waals surface area contributed by atoms with Crippen LogP contribution in [0.15, 0.2) is 0 Å². The summed E-state index contributed by atoms with van der Waals surface area (Å²) in [6, 6.07) is 0. The molecule has 44 valence electrons. The quantitative estimate of drug-likeness (QED) is 0.234. The van der Waals surface area contributed by atoms with Crippen molar-refractivity contribution in [2.75, 3.05) is 0 Å². The molecule has 4 nitrogen and oxygen atoms in total. The number of hydrogen-bond acceptors (Lipinski definition) is 1. The lowest BCUT2D eigenvalue weighted by molar-refractivity contribution is 0.275. The van der Waals surface area contributed by atoms with Gasteiger partial charge in [-0.05, 0) is 0 Å². The molecule has 0 aromatic carbocycles. The van der Waals surface area contributed by atoms with Crippen LogP contribution in [0.2, 0.25) is 0 Å². The molecule has 0 atom stereocenters. The van der Waals surface area contributed by atoms with E-state index in [4.69, 9.17) is 19.2 Å². The zero-order chi connectivity index (χ0) is 4.50. The Labute approximate surface area is 45.0 Å². The van der Waals surface area contributed by atoms with Gasteiger partial charge in [-0.2, -0.15) is 0 Å². The fraction of sp³-hybridized carbons (Fsp3) is 0. The SMILES string of the molecule is B.B.O=P(O)(O)O. The Morgan fingerprint density at radius 2 is 1.00 bits per heavy atom. The van der Waals surface area contributed by atoms with E-state index in [2.05, 4.69) is 0 Å². The van der Waals surface area contributed by atoms with Crippen molar-refractivity contribution >= 4 is 24.6 Å². The minimum atomic E-state index is -4.64. The summed E-state index contributed by atoms with van der Waals surface area (Å²) in [6.45, 7) is 0. The van der Waals surface area contributed by atoms with Crippen molar-refractivity contribution in [2.45, 2.75) is 0 Å². The Morgan fingerprint density at radius 1 is 1.00 bits per heavy atom. The maximum absolute atomic E-state index is 8.88. The van der Waals surface area contributed by atoms with Crippen molar-refractivity contribution in [1.82, 2.24) is 0 Å². The fourth-order valence-corrected chi connectivity index (χ4v) is 0. The lowest BCUT2D eigenvalue weighted by atomic mass is 10.8. The zero-order valence-electron chi connectivity index (χ0n) is 2.20. The van der Waals surface area contributed by atoms with Crippen LogP contribution in [-0.2, 0) is 4.57 Å². The van der Waals surface area contributed by atoms with Gasteiger partial charge in [0.15, 0.2) is 0 Å². The molecule has 0 amide bonds. The van der Waals surface area contributed by atoms with Crippen LogP contribution in [0.1, 0.15) is 0 Å². The topological polar surface area (TPSA) is 77.8 Å². The Bertz CT molecular complexity index is 55.8. The first-order valence-corrected chi connectivity index (χ1v) is 2.35. The predicted octanol–water partition coefficient (Wildman–Crippen LogP) is -3.30. The van der Waals surface area contributed by atoms with Gasteiger partial charge in [-0.3, -0.25) is 0 Å². The molecule has 7 heteroatoms. The van der Waals surface area contributed by atoms with Crippen LogP contribution in [0.3, 0.4) is 0 Å². The minimum absolute atomic E-state index is 0. The summed E-state index contributed by atoms with van der Waals surface area (Å²) < 4.78 is 8.88. The van der Waals surface area contributed by atoms with E-state index in [1.807, 2.05) is 0 Å². The molecule has 0 rings (SSSR count). The van der Waals surface area contributed by atoms with Gasteiger partial charge >= 0.3 is 7.82 Å². The third-order valence-corrected chi connectivity index (χ3v) is 0. The van der Waals surface area contributed by atoms with E-state index in [-0.39, 0.29) is 16.8 Å². The average Bonchev–Trinajstić information content (AvgIpc) is 0.722. The number of phosphoric acid groups is 1. The van der Waals surface area contributed by atoms with Gasteiger partial charge in [-0.25, -0.2) is 4.57 Å². The van der Waals surface area contributed by atoms with E-state index in [1.54, 1.807) is 0 Å². The van der Waals surface area contributed by atoms with E-state index >= 15 is 0 Å². The van der Waals surface area contributed by atoms with Crippen LogP contribution in [0.4, 0.5) is 0 Å². The van der Waals surface area contributed by atoms with Gasteiger partial charge in [0.1, 0.15) is 0 Å². The van der Waals surface area contributed by atoms with E-state index in [1.165, 1.54) is 0 Å². The Morgan fingerprint density at radius 3 is 1.00 bits per heavy atom. The van der Waals surface area contributed by atoms with Crippen molar-refractivity contribution < 1.29 is 19.2 Å². The van der Waals surface area contributed by atoms with Gasteiger partial charge in [0.05, 0.1) is 16.8 Å². The molecule has 0 aliphatic carbocycles. The monoisotopic (exact) mass is 126 g/mol. The lowest BCUT2D eigenvalue weighted by Gasteiger charge is -1.82. The second kappa shape index (κ2) is 4.40. The van der Waals surface area contributed by atoms with Gasteiger partial charge in [0, 0.05) is 0 Å². The van der Waals surface area contributed by atoms with Crippen molar-refractivity contribution in [3.05, 3.63) is 0 Å². The first-order valence-electron chi connectivity index (χ1n) is 0.783. The van der Waals surface area contributed by atoms with Crippen molar-refractivity contribution in [3.63, 3.8) is 0 Å².